The highest BCUT2D eigenvalue weighted by Gasteiger charge is 2.13. The first-order chi connectivity index (χ1) is 9.20. The maximum Gasteiger partial charge on any atom is 0.364 e. The molecule has 1 aromatic carbocycles. The second-order valence-corrected chi connectivity index (χ2v) is 3.81. The van der Waals surface area contributed by atoms with Gasteiger partial charge in [0.1, 0.15) is 0 Å². The zero-order chi connectivity index (χ0) is 13.7. The van der Waals surface area contributed by atoms with E-state index < -0.39 is 5.97 Å². The van der Waals surface area contributed by atoms with Crippen LogP contribution in [0.5, 0.6) is 11.5 Å². The number of carbonyl (C=O) groups excluding carboxylic acids is 1. The van der Waals surface area contributed by atoms with Crippen molar-refractivity contribution in [2.24, 2.45) is 0 Å². The van der Waals surface area contributed by atoms with Gasteiger partial charge in [-0.05, 0) is 26.0 Å². The first kappa shape index (κ1) is 13.0. The Hall–Kier alpha value is -2.43. The van der Waals surface area contributed by atoms with Crippen LogP contribution in [0.15, 0.2) is 36.7 Å². The first-order valence-corrected chi connectivity index (χ1v) is 5.93. The third-order valence-electron chi connectivity index (χ3n) is 2.34. The van der Waals surface area contributed by atoms with Gasteiger partial charge in [-0.25, -0.2) is 9.78 Å². The Morgan fingerprint density at radius 3 is 2.53 bits per heavy atom. The second-order valence-electron chi connectivity index (χ2n) is 3.81. The van der Waals surface area contributed by atoms with E-state index in [9.17, 15) is 4.79 Å². The number of benzene rings is 1. The molecule has 98 valence electrons. The number of ether oxygens (including phenoxy) is 2. The number of hydrogen-bond acceptors (Lipinski definition) is 5. The normalized spacial score (nSPS) is 10.0. The average molecular weight is 258 g/mol. The maximum absolute atomic E-state index is 11.9. The molecule has 2 aromatic rings. The molecule has 0 atom stereocenters. The van der Waals surface area contributed by atoms with Crippen LogP contribution in [0.1, 0.15) is 23.1 Å². The number of hydrogen-bond donors (Lipinski definition) is 0. The summed E-state index contributed by atoms with van der Waals surface area (Å²) >= 11 is 0. The Labute approximate surface area is 111 Å². The van der Waals surface area contributed by atoms with Gasteiger partial charge in [-0.2, -0.15) is 0 Å². The first-order valence-electron chi connectivity index (χ1n) is 5.93. The molecular formula is C14H14N2O3. The van der Waals surface area contributed by atoms with Gasteiger partial charge in [-0.15, -0.1) is 0 Å². The van der Waals surface area contributed by atoms with E-state index in [0.717, 1.165) is 5.69 Å². The molecule has 0 saturated heterocycles. The standard InChI is InChI=1S/C14H14N2O3/c1-3-18-12-6-4-5-7-13(12)19-14(17)11-9-15-10(2)8-16-11/h4-9H,3H2,1-2H3. The van der Waals surface area contributed by atoms with Gasteiger partial charge in [0.2, 0.25) is 0 Å². The number of aryl methyl sites for hydroxylation is 1. The summed E-state index contributed by atoms with van der Waals surface area (Å²) in [6, 6.07) is 7.00. The minimum atomic E-state index is -0.556. The van der Waals surface area contributed by atoms with Gasteiger partial charge in [-0.1, -0.05) is 12.1 Å². The van der Waals surface area contributed by atoms with Gasteiger partial charge < -0.3 is 9.47 Å². The van der Waals surface area contributed by atoms with Crippen molar-refractivity contribution in [1.82, 2.24) is 9.97 Å². The molecule has 0 aliphatic heterocycles. The quantitative estimate of drug-likeness (QED) is 0.622. The average Bonchev–Trinajstić information content (AvgIpc) is 2.42. The largest absolute Gasteiger partial charge is 0.490 e. The van der Waals surface area contributed by atoms with Crippen LogP contribution in [-0.2, 0) is 0 Å². The second kappa shape index (κ2) is 5.95. The predicted molar refractivity (Wildman–Crippen MR) is 69.3 cm³/mol. The molecule has 0 spiro atoms. The van der Waals surface area contributed by atoms with Crippen LogP contribution in [0, 0.1) is 6.92 Å². The smallest absolute Gasteiger partial charge is 0.364 e. The third kappa shape index (κ3) is 3.28. The summed E-state index contributed by atoms with van der Waals surface area (Å²) in [5.41, 5.74) is 0.906. The summed E-state index contributed by atoms with van der Waals surface area (Å²) < 4.78 is 10.6. The van der Waals surface area contributed by atoms with Crippen LogP contribution in [0.25, 0.3) is 0 Å². The van der Waals surface area contributed by atoms with E-state index >= 15 is 0 Å². The lowest BCUT2D eigenvalue weighted by Crippen LogP contribution is -2.12. The van der Waals surface area contributed by atoms with Gasteiger partial charge in [0.15, 0.2) is 17.2 Å². The number of rotatable bonds is 4. The van der Waals surface area contributed by atoms with Crippen LogP contribution in [-0.4, -0.2) is 22.5 Å². The van der Waals surface area contributed by atoms with Crippen molar-refractivity contribution in [3.8, 4) is 11.5 Å². The van der Waals surface area contributed by atoms with Crippen molar-refractivity contribution < 1.29 is 14.3 Å². The van der Waals surface area contributed by atoms with Crippen LogP contribution in [0.4, 0.5) is 0 Å². The minimum absolute atomic E-state index is 0.164. The molecule has 0 aliphatic carbocycles. The Balaban J connectivity index is 2.16. The molecule has 19 heavy (non-hydrogen) atoms. The zero-order valence-electron chi connectivity index (χ0n) is 10.8. The van der Waals surface area contributed by atoms with Gasteiger partial charge in [0, 0.05) is 6.20 Å². The fraction of sp³-hybridized carbons (Fsp3) is 0.214. The maximum atomic E-state index is 11.9. The number of nitrogens with zero attached hydrogens (tertiary/aromatic N) is 2. The lowest BCUT2D eigenvalue weighted by atomic mass is 10.3. The molecule has 0 bridgehead atoms. The predicted octanol–water partition coefficient (Wildman–Crippen LogP) is 2.40. The molecule has 2 rings (SSSR count). The van der Waals surface area contributed by atoms with E-state index in [1.807, 2.05) is 13.0 Å². The Bertz CT molecular complexity index is 567. The number of esters is 1. The summed E-state index contributed by atoms with van der Waals surface area (Å²) in [6.07, 6.45) is 2.91. The monoisotopic (exact) mass is 258 g/mol. The summed E-state index contributed by atoms with van der Waals surface area (Å²) in [4.78, 5) is 19.9. The van der Waals surface area contributed by atoms with Crippen molar-refractivity contribution in [3.63, 3.8) is 0 Å². The van der Waals surface area contributed by atoms with Crippen molar-refractivity contribution in [3.05, 3.63) is 48.0 Å². The van der Waals surface area contributed by atoms with Crippen molar-refractivity contribution in [2.75, 3.05) is 6.61 Å². The topological polar surface area (TPSA) is 61.3 Å². The molecule has 0 aliphatic rings. The molecule has 5 heteroatoms. The van der Waals surface area contributed by atoms with E-state index in [2.05, 4.69) is 9.97 Å². The fourth-order valence-electron chi connectivity index (χ4n) is 1.46. The van der Waals surface area contributed by atoms with Gasteiger partial charge in [-0.3, -0.25) is 4.98 Å². The van der Waals surface area contributed by atoms with Crippen molar-refractivity contribution >= 4 is 5.97 Å². The van der Waals surface area contributed by atoms with Gasteiger partial charge >= 0.3 is 5.97 Å². The molecular weight excluding hydrogens is 244 g/mol. The minimum Gasteiger partial charge on any atom is -0.490 e. The summed E-state index contributed by atoms with van der Waals surface area (Å²) in [6.45, 7) is 4.16. The molecule has 0 amide bonds. The molecule has 1 heterocycles. The fourth-order valence-corrected chi connectivity index (χ4v) is 1.46. The number of aromatic nitrogens is 2. The summed E-state index contributed by atoms with van der Waals surface area (Å²) in [5.74, 6) is 0.342. The lowest BCUT2D eigenvalue weighted by molar-refractivity contribution is 0.0721. The summed E-state index contributed by atoms with van der Waals surface area (Å²) in [7, 11) is 0. The van der Waals surface area contributed by atoms with E-state index in [1.165, 1.54) is 12.4 Å². The van der Waals surface area contributed by atoms with Crippen LogP contribution in [0.2, 0.25) is 0 Å². The van der Waals surface area contributed by atoms with E-state index in [0.29, 0.717) is 18.1 Å². The SMILES string of the molecule is CCOc1ccccc1OC(=O)c1cnc(C)cn1. The Kier molecular flexibility index (Phi) is 4.07. The van der Waals surface area contributed by atoms with E-state index in [1.54, 1.807) is 25.1 Å². The number of carbonyl (C=O) groups is 1. The number of para-hydroxylation sites is 2. The zero-order valence-corrected chi connectivity index (χ0v) is 10.8. The van der Waals surface area contributed by atoms with E-state index in [-0.39, 0.29) is 5.69 Å². The highest BCUT2D eigenvalue weighted by atomic mass is 16.6. The van der Waals surface area contributed by atoms with E-state index in [4.69, 9.17) is 9.47 Å². The van der Waals surface area contributed by atoms with Gasteiger partial charge in [0.05, 0.1) is 18.5 Å². The molecule has 0 saturated carbocycles. The third-order valence-corrected chi connectivity index (χ3v) is 2.34. The highest BCUT2D eigenvalue weighted by molar-refractivity contribution is 5.88. The molecule has 0 fully saturated rings. The van der Waals surface area contributed by atoms with Crippen molar-refractivity contribution in [2.45, 2.75) is 13.8 Å². The van der Waals surface area contributed by atoms with Crippen LogP contribution >= 0.6 is 0 Å². The Morgan fingerprint density at radius 2 is 1.89 bits per heavy atom. The van der Waals surface area contributed by atoms with Crippen LogP contribution < -0.4 is 9.47 Å². The van der Waals surface area contributed by atoms with Gasteiger partial charge in [0.25, 0.3) is 0 Å². The Morgan fingerprint density at radius 1 is 1.16 bits per heavy atom. The molecule has 0 unspecified atom stereocenters. The lowest BCUT2D eigenvalue weighted by Gasteiger charge is -2.09. The summed E-state index contributed by atoms with van der Waals surface area (Å²) in [5, 5.41) is 0. The van der Waals surface area contributed by atoms with Crippen LogP contribution in [0.3, 0.4) is 0 Å². The molecule has 0 N–H and O–H groups in total. The highest BCUT2D eigenvalue weighted by Crippen LogP contribution is 2.26. The molecule has 5 nitrogen and oxygen atoms in total. The molecule has 0 radical (unpaired) electrons. The van der Waals surface area contributed by atoms with Crippen molar-refractivity contribution in [1.29, 1.82) is 0 Å². The molecule has 1 aromatic heterocycles.